The summed E-state index contributed by atoms with van der Waals surface area (Å²) in [7, 11) is -3.58. The third-order valence-electron chi connectivity index (χ3n) is 4.01. The number of hydrogen-bond donors (Lipinski definition) is 1. The molecule has 132 valence electrons. The van der Waals surface area contributed by atoms with Gasteiger partial charge in [-0.1, -0.05) is 38.3 Å². The molecule has 0 aliphatic heterocycles. The predicted octanol–water partition coefficient (Wildman–Crippen LogP) is 3.15. The van der Waals surface area contributed by atoms with Crippen molar-refractivity contribution in [1.29, 1.82) is 0 Å². The summed E-state index contributed by atoms with van der Waals surface area (Å²) < 4.78 is 27.9. The van der Waals surface area contributed by atoms with E-state index in [4.69, 9.17) is 5.73 Å². The van der Waals surface area contributed by atoms with E-state index in [9.17, 15) is 8.42 Å². The second-order valence-corrected chi connectivity index (χ2v) is 8.16. The Bertz CT molecular complexity index is 754. The van der Waals surface area contributed by atoms with Crippen molar-refractivity contribution in [1.82, 2.24) is 9.29 Å². The van der Waals surface area contributed by atoms with Gasteiger partial charge in [-0.25, -0.2) is 8.42 Å². The lowest BCUT2D eigenvalue weighted by atomic mass is 10.2. The molecule has 0 aliphatic carbocycles. The van der Waals surface area contributed by atoms with Crippen molar-refractivity contribution >= 4 is 20.8 Å². The highest BCUT2D eigenvalue weighted by Gasteiger charge is 2.26. The lowest BCUT2D eigenvalue weighted by Crippen LogP contribution is -2.40. The van der Waals surface area contributed by atoms with Crippen molar-refractivity contribution in [2.75, 3.05) is 13.1 Å². The number of pyridine rings is 1. The first-order valence-corrected chi connectivity index (χ1v) is 9.99. The lowest BCUT2D eigenvalue weighted by Gasteiger charge is -2.24. The first-order valence-electron chi connectivity index (χ1n) is 8.55. The maximum Gasteiger partial charge on any atom is 0.243 e. The fourth-order valence-electron chi connectivity index (χ4n) is 2.80. The molecule has 24 heavy (non-hydrogen) atoms. The van der Waals surface area contributed by atoms with Crippen LogP contribution in [0.25, 0.3) is 10.8 Å². The molecule has 1 aromatic heterocycles. The van der Waals surface area contributed by atoms with Crippen molar-refractivity contribution in [3.05, 3.63) is 36.7 Å². The summed E-state index contributed by atoms with van der Waals surface area (Å²) in [4.78, 5) is 4.40. The van der Waals surface area contributed by atoms with Crippen LogP contribution in [-0.2, 0) is 10.0 Å². The van der Waals surface area contributed by atoms with Gasteiger partial charge in [-0.3, -0.25) is 4.98 Å². The number of benzene rings is 1. The Balaban J connectivity index is 2.34. The summed E-state index contributed by atoms with van der Waals surface area (Å²) in [6.45, 7) is 4.81. The van der Waals surface area contributed by atoms with Crippen LogP contribution in [0.2, 0.25) is 0 Å². The Morgan fingerprint density at radius 1 is 1.21 bits per heavy atom. The maximum absolute atomic E-state index is 13.2. The van der Waals surface area contributed by atoms with E-state index in [0.717, 1.165) is 31.1 Å². The summed E-state index contributed by atoms with van der Waals surface area (Å²) in [6.07, 6.45) is 7.43. The van der Waals surface area contributed by atoms with Gasteiger partial charge in [-0.15, -0.1) is 0 Å². The number of unbranched alkanes of at least 4 members (excludes halogenated alkanes) is 3. The fourth-order valence-corrected chi connectivity index (χ4v) is 4.60. The van der Waals surface area contributed by atoms with Crippen LogP contribution in [-0.4, -0.2) is 36.8 Å². The van der Waals surface area contributed by atoms with Crippen LogP contribution in [0.3, 0.4) is 0 Å². The van der Waals surface area contributed by atoms with Gasteiger partial charge in [-0.2, -0.15) is 4.31 Å². The molecular formula is C18H27N3O2S. The van der Waals surface area contributed by atoms with Crippen molar-refractivity contribution in [3.8, 4) is 0 Å². The molecule has 1 atom stereocenters. The van der Waals surface area contributed by atoms with E-state index in [1.54, 1.807) is 30.6 Å². The summed E-state index contributed by atoms with van der Waals surface area (Å²) in [5, 5.41) is 1.53. The second-order valence-electron chi connectivity index (χ2n) is 6.25. The van der Waals surface area contributed by atoms with E-state index in [1.807, 2.05) is 13.0 Å². The highest BCUT2D eigenvalue weighted by Crippen LogP contribution is 2.25. The summed E-state index contributed by atoms with van der Waals surface area (Å²) >= 11 is 0. The topological polar surface area (TPSA) is 76.3 Å². The van der Waals surface area contributed by atoms with Crippen LogP contribution in [0, 0.1) is 0 Å². The van der Waals surface area contributed by atoms with Gasteiger partial charge in [0.1, 0.15) is 0 Å². The number of fused-ring (bicyclic) bond motifs is 1. The average Bonchev–Trinajstić information content (AvgIpc) is 2.56. The van der Waals surface area contributed by atoms with Crippen LogP contribution in [0.1, 0.15) is 39.5 Å². The normalized spacial score (nSPS) is 13.5. The molecule has 1 heterocycles. The largest absolute Gasteiger partial charge is 0.327 e. The molecule has 1 unspecified atom stereocenters. The number of sulfonamides is 1. The van der Waals surface area contributed by atoms with Crippen LogP contribution >= 0.6 is 0 Å². The maximum atomic E-state index is 13.2. The van der Waals surface area contributed by atoms with Gasteiger partial charge in [0.05, 0.1) is 4.90 Å². The van der Waals surface area contributed by atoms with E-state index in [1.165, 1.54) is 4.31 Å². The Morgan fingerprint density at radius 3 is 2.71 bits per heavy atom. The van der Waals surface area contributed by atoms with E-state index in [-0.39, 0.29) is 6.04 Å². The van der Waals surface area contributed by atoms with Crippen molar-refractivity contribution in [3.63, 3.8) is 0 Å². The van der Waals surface area contributed by atoms with Crippen LogP contribution in [0.4, 0.5) is 0 Å². The van der Waals surface area contributed by atoms with Crippen molar-refractivity contribution < 1.29 is 8.42 Å². The van der Waals surface area contributed by atoms with Crippen molar-refractivity contribution in [2.45, 2.75) is 50.5 Å². The number of nitrogens with two attached hydrogens (primary N) is 1. The summed E-state index contributed by atoms with van der Waals surface area (Å²) in [6, 6.07) is 6.85. The third kappa shape index (κ3) is 4.53. The first-order chi connectivity index (χ1) is 11.5. The molecule has 0 fully saturated rings. The zero-order valence-corrected chi connectivity index (χ0v) is 15.3. The van der Waals surface area contributed by atoms with Gasteiger partial charge in [0.25, 0.3) is 0 Å². The average molecular weight is 350 g/mol. The Kier molecular flexibility index (Phi) is 6.71. The number of aromatic nitrogens is 1. The minimum atomic E-state index is -3.58. The minimum absolute atomic E-state index is 0.206. The number of nitrogens with zero attached hydrogens (tertiary/aromatic N) is 2. The molecule has 5 nitrogen and oxygen atoms in total. The molecule has 2 rings (SSSR count). The Labute approximate surface area is 144 Å². The molecule has 6 heteroatoms. The summed E-state index contributed by atoms with van der Waals surface area (Å²) in [5.41, 5.74) is 5.90. The van der Waals surface area contributed by atoms with E-state index < -0.39 is 10.0 Å². The van der Waals surface area contributed by atoms with Gasteiger partial charge in [0.2, 0.25) is 10.0 Å². The Hall–Kier alpha value is -1.50. The van der Waals surface area contributed by atoms with E-state index >= 15 is 0 Å². The molecule has 0 spiro atoms. The van der Waals surface area contributed by atoms with Crippen LogP contribution < -0.4 is 5.73 Å². The van der Waals surface area contributed by atoms with Crippen LogP contribution in [0.5, 0.6) is 0 Å². The van der Waals surface area contributed by atoms with Gasteiger partial charge >= 0.3 is 0 Å². The molecule has 0 saturated heterocycles. The van der Waals surface area contributed by atoms with Gasteiger partial charge in [0, 0.05) is 42.3 Å². The molecule has 2 aromatic rings. The molecule has 0 amide bonds. The quantitative estimate of drug-likeness (QED) is 0.706. The third-order valence-corrected chi connectivity index (χ3v) is 5.93. The number of rotatable bonds is 9. The Morgan fingerprint density at radius 2 is 2.00 bits per heavy atom. The molecule has 2 N–H and O–H groups in total. The lowest BCUT2D eigenvalue weighted by molar-refractivity contribution is 0.380. The fraction of sp³-hybridized carbons (Fsp3) is 0.500. The van der Waals surface area contributed by atoms with Gasteiger partial charge in [0.15, 0.2) is 0 Å². The monoisotopic (exact) mass is 349 g/mol. The molecule has 0 saturated carbocycles. The van der Waals surface area contributed by atoms with E-state index in [0.29, 0.717) is 23.4 Å². The first kappa shape index (κ1) is 18.8. The molecular weight excluding hydrogens is 322 g/mol. The zero-order chi connectivity index (χ0) is 17.6. The molecule has 1 aromatic carbocycles. The molecule has 0 radical (unpaired) electrons. The zero-order valence-electron chi connectivity index (χ0n) is 14.5. The number of hydrogen-bond acceptors (Lipinski definition) is 4. The highest BCUT2D eigenvalue weighted by atomic mass is 32.2. The molecule has 0 bridgehead atoms. The van der Waals surface area contributed by atoms with E-state index in [2.05, 4.69) is 11.9 Å². The van der Waals surface area contributed by atoms with Crippen molar-refractivity contribution in [2.24, 2.45) is 5.73 Å². The summed E-state index contributed by atoms with van der Waals surface area (Å²) in [5.74, 6) is 0. The second kappa shape index (κ2) is 8.55. The van der Waals surface area contributed by atoms with Crippen LogP contribution in [0.15, 0.2) is 41.6 Å². The predicted molar refractivity (Wildman–Crippen MR) is 98.3 cm³/mol. The standard InChI is InChI=1S/C18H27N3O2S/c1-3-4-5-6-12-21(14-15(2)19)24(22,23)18-9-7-8-16-13-20-11-10-17(16)18/h7-11,13,15H,3-6,12,14,19H2,1-2H3. The highest BCUT2D eigenvalue weighted by molar-refractivity contribution is 7.89. The van der Waals surface area contributed by atoms with Gasteiger partial charge in [-0.05, 0) is 25.5 Å². The van der Waals surface area contributed by atoms with Gasteiger partial charge < -0.3 is 5.73 Å². The minimum Gasteiger partial charge on any atom is -0.327 e. The molecule has 0 aliphatic rings. The SMILES string of the molecule is CCCCCCN(CC(C)N)S(=O)(=O)c1cccc2cnccc12. The smallest absolute Gasteiger partial charge is 0.243 e.